The Bertz CT molecular complexity index is 47.0. The maximum atomic E-state index is 5.23. The van der Waals surface area contributed by atoms with Crippen LogP contribution in [0, 0.1) is 0 Å². The van der Waals surface area contributed by atoms with E-state index in [4.69, 9.17) is 4.74 Å². The molecule has 0 spiro atoms. The first-order chi connectivity index (χ1) is 3.06. The number of ether oxygens (including phenoxy) is 1. The molecule has 0 aromatic heterocycles. The van der Waals surface area contributed by atoms with Gasteiger partial charge in [0.15, 0.2) is 0 Å². The van der Waals surface area contributed by atoms with Crippen molar-refractivity contribution >= 4 is 0 Å². The SMILES string of the molecule is CCOC(C)(C)C.[2HH]. The minimum absolute atomic E-state index is 0. The Morgan fingerprint density at radius 2 is 1.86 bits per heavy atom. The van der Waals surface area contributed by atoms with E-state index in [-0.39, 0.29) is 7.03 Å². The molecule has 0 bridgehead atoms. The molecule has 0 aromatic rings. The number of hydrogen-bond acceptors (Lipinski definition) is 1. The minimum atomic E-state index is 0. The molecule has 0 radical (unpaired) electrons. The van der Waals surface area contributed by atoms with E-state index in [1.54, 1.807) is 0 Å². The summed E-state index contributed by atoms with van der Waals surface area (Å²) in [6, 6.07) is 0. The van der Waals surface area contributed by atoms with Crippen molar-refractivity contribution in [2.45, 2.75) is 33.3 Å². The summed E-state index contributed by atoms with van der Waals surface area (Å²) in [7, 11) is 0. The van der Waals surface area contributed by atoms with Crippen LogP contribution in [0.15, 0.2) is 0 Å². The largest absolute Gasteiger partial charge is 0.376 e. The van der Waals surface area contributed by atoms with Gasteiger partial charge in [0.05, 0.1) is 5.60 Å². The lowest BCUT2D eigenvalue weighted by Crippen LogP contribution is -2.18. The highest BCUT2D eigenvalue weighted by Crippen LogP contribution is 2.04. The summed E-state index contributed by atoms with van der Waals surface area (Å²) in [5.41, 5.74) is 0.0503. The van der Waals surface area contributed by atoms with Crippen molar-refractivity contribution in [2.24, 2.45) is 0 Å². The molecule has 0 rings (SSSR count). The topological polar surface area (TPSA) is 9.23 Å². The van der Waals surface area contributed by atoms with E-state index in [1.807, 2.05) is 6.92 Å². The molecule has 0 unspecified atom stereocenters. The molecule has 0 heterocycles. The number of rotatable bonds is 1. The van der Waals surface area contributed by atoms with Crippen molar-refractivity contribution in [1.29, 1.82) is 0 Å². The maximum Gasteiger partial charge on any atom is 0.0598 e. The van der Waals surface area contributed by atoms with E-state index in [0.29, 0.717) is 0 Å². The first-order valence-electron chi connectivity index (χ1n) is 2.70. The fraction of sp³-hybridized carbons (Fsp3) is 1.00. The normalized spacial score (nSPS) is 12.0. The van der Waals surface area contributed by atoms with Gasteiger partial charge in [0.1, 0.15) is 0 Å². The third kappa shape index (κ3) is 5.96. The summed E-state index contributed by atoms with van der Waals surface area (Å²) < 4.78 is 5.23. The van der Waals surface area contributed by atoms with Crippen molar-refractivity contribution in [1.82, 2.24) is 0 Å². The number of hydrogen-bond donors (Lipinski definition) is 0. The van der Waals surface area contributed by atoms with E-state index in [2.05, 4.69) is 20.8 Å². The maximum absolute atomic E-state index is 5.23. The molecule has 0 aromatic carbocycles. The third-order valence-corrected chi connectivity index (χ3v) is 0.577. The van der Waals surface area contributed by atoms with Crippen LogP contribution in [-0.4, -0.2) is 12.2 Å². The van der Waals surface area contributed by atoms with Crippen molar-refractivity contribution in [3.05, 3.63) is 0 Å². The summed E-state index contributed by atoms with van der Waals surface area (Å²) >= 11 is 0. The van der Waals surface area contributed by atoms with Crippen molar-refractivity contribution < 1.29 is 6.16 Å². The van der Waals surface area contributed by atoms with Crippen LogP contribution in [0.25, 0.3) is 0 Å². The smallest absolute Gasteiger partial charge is 0.0598 e. The van der Waals surface area contributed by atoms with Crippen LogP contribution in [-0.2, 0) is 4.74 Å². The molecular formula is C6H16O. The van der Waals surface area contributed by atoms with E-state index in [0.717, 1.165) is 6.61 Å². The van der Waals surface area contributed by atoms with E-state index in [9.17, 15) is 0 Å². The third-order valence-electron chi connectivity index (χ3n) is 0.577. The molecule has 1 heteroatoms. The molecule has 46 valence electrons. The van der Waals surface area contributed by atoms with E-state index < -0.39 is 0 Å². The van der Waals surface area contributed by atoms with Crippen LogP contribution in [0.4, 0.5) is 0 Å². The first kappa shape index (κ1) is 6.96. The molecule has 0 saturated carbocycles. The minimum Gasteiger partial charge on any atom is -0.376 e. The van der Waals surface area contributed by atoms with Crippen LogP contribution in [0.1, 0.15) is 29.1 Å². The van der Waals surface area contributed by atoms with Gasteiger partial charge >= 0.3 is 0 Å². The molecule has 0 aliphatic rings. The second kappa shape index (κ2) is 2.31. The predicted molar refractivity (Wildman–Crippen MR) is 33.5 cm³/mol. The van der Waals surface area contributed by atoms with Gasteiger partial charge in [0, 0.05) is 8.03 Å². The van der Waals surface area contributed by atoms with Crippen molar-refractivity contribution in [2.75, 3.05) is 6.61 Å². The van der Waals surface area contributed by atoms with Crippen LogP contribution in [0.2, 0.25) is 0 Å². The quantitative estimate of drug-likeness (QED) is 0.496. The highest BCUT2D eigenvalue weighted by Gasteiger charge is 2.06. The van der Waals surface area contributed by atoms with Gasteiger partial charge < -0.3 is 4.74 Å². The Labute approximate surface area is 47.2 Å². The highest BCUT2D eigenvalue weighted by molar-refractivity contribution is 4.56. The predicted octanol–water partition coefficient (Wildman–Crippen LogP) is 2.07. The van der Waals surface area contributed by atoms with Gasteiger partial charge in [0.2, 0.25) is 0 Å². The Balaban J connectivity index is 0. The standard InChI is InChI=1S/C6H14O.H2/c1-5-7-6(2,3)4;/h5H2,1-4H3;1H/i;1+1. The molecule has 0 fully saturated rings. The molecular weight excluding hydrogens is 88.1 g/mol. The zero-order valence-electron chi connectivity index (χ0n) is 5.62. The van der Waals surface area contributed by atoms with Gasteiger partial charge in [-0.1, -0.05) is 0 Å². The monoisotopic (exact) mass is 105 g/mol. The van der Waals surface area contributed by atoms with Gasteiger partial charge in [-0.25, -0.2) is 0 Å². The molecule has 1 nitrogen and oxygen atoms in total. The van der Waals surface area contributed by atoms with Crippen molar-refractivity contribution in [3.8, 4) is 0 Å². The Morgan fingerprint density at radius 3 is 1.86 bits per heavy atom. The van der Waals surface area contributed by atoms with Crippen LogP contribution in [0.5, 0.6) is 0 Å². The summed E-state index contributed by atoms with van der Waals surface area (Å²) in [6.07, 6.45) is 0. The van der Waals surface area contributed by atoms with Gasteiger partial charge in [-0.15, -0.1) is 0 Å². The molecule has 0 aliphatic carbocycles. The molecule has 0 amide bonds. The molecule has 7 heavy (non-hydrogen) atoms. The van der Waals surface area contributed by atoms with Gasteiger partial charge in [0.25, 0.3) is 0 Å². The van der Waals surface area contributed by atoms with Crippen LogP contribution in [0.3, 0.4) is 0 Å². The lowest BCUT2D eigenvalue weighted by Gasteiger charge is -2.17. The van der Waals surface area contributed by atoms with Gasteiger partial charge in [-0.2, -0.15) is 0 Å². The Kier molecular flexibility index (Phi) is 2.30. The molecule has 0 atom stereocenters. The molecule has 0 saturated heterocycles. The highest BCUT2D eigenvalue weighted by atomic mass is 16.5. The zero-order valence-corrected chi connectivity index (χ0v) is 5.62. The average Bonchev–Trinajstić information content (AvgIpc) is 1.30. The summed E-state index contributed by atoms with van der Waals surface area (Å²) in [5.74, 6) is 0. The second-order valence-electron chi connectivity index (χ2n) is 2.55. The lowest BCUT2D eigenvalue weighted by molar-refractivity contribution is 0.00532. The summed E-state index contributed by atoms with van der Waals surface area (Å²) in [6.45, 7) is 8.97. The Hall–Kier alpha value is -0.0400. The van der Waals surface area contributed by atoms with E-state index in [1.165, 1.54) is 0 Å². The fourth-order valence-electron chi connectivity index (χ4n) is 0.433. The van der Waals surface area contributed by atoms with Crippen LogP contribution < -0.4 is 0 Å². The van der Waals surface area contributed by atoms with Crippen LogP contribution >= 0.6 is 0 Å². The lowest BCUT2D eigenvalue weighted by atomic mass is 10.2. The summed E-state index contributed by atoms with van der Waals surface area (Å²) in [5, 5.41) is 0. The molecule has 0 N–H and O–H groups in total. The van der Waals surface area contributed by atoms with Gasteiger partial charge in [-0.05, 0) is 27.7 Å². The van der Waals surface area contributed by atoms with Gasteiger partial charge in [-0.3, -0.25) is 0 Å². The first-order valence-corrected chi connectivity index (χ1v) is 2.70. The fourth-order valence-corrected chi connectivity index (χ4v) is 0.433. The summed E-state index contributed by atoms with van der Waals surface area (Å²) in [4.78, 5) is 0. The molecule has 0 aliphatic heterocycles. The van der Waals surface area contributed by atoms with Crippen molar-refractivity contribution in [3.63, 3.8) is 0 Å². The zero-order chi connectivity index (χ0) is 5.91. The van der Waals surface area contributed by atoms with E-state index >= 15 is 0 Å². The average molecular weight is 105 g/mol. The Morgan fingerprint density at radius 1 is 1.43 bits per heavy atom. The second-order valence-corrected chi connectivity index (χ2v) is 2.55.